The third-order valence-electron chi connectivity index (χ3n) is 3.00. The molecule has 0 aromatic heterocycles. The smallest absolute Gasteiger partial charge is 0.115 e. The molecule has 0 spiro atoms. The third kappa shape index (κ3) is 1.53. The van der Waals surface area contributed by atoms with Crippen LogP contribution < -0.4 is 5.73 Å². The van der Waals surface area contributed by atoms with Crippen LogP contribution in [0, 0.1) is 0 Å². The minimum atomic E-state index is -0.463. The molecule has 3 heteroatoms. The zero-order valence-electron chi connectivity index (χ0n) is 7.89. The Morgan fingerprint density at radius 3 is 2.57 bits per heavy atom. The maximum atomic E-state index is 12.3. The van der Waals surface area contributed by atoms with Gasteiger partial charge in [0.2, 0.25) is 0 Å². The molecule has 2 rings (SSSR count). The van der Waals surface area contributed by atoms with E-state index in [1.807, 2.05) is 6.07 Å². The average Bonchev–Trinajstić information content (AvgIpc) is 2.98. The number of rotatable bonds is 3. The van der Waals surface area contributed by atoms with E-state index in [-0.39, 0.29) is 5.41 Å². The minimum Gasteiger partial charge on any atom is -0.330 e. The third-order valence-corrected chi connectivity index (χ3v) is 3.32. The molecule has 1 nitrogen and oxygen atoms in total. The number of hydrogen-bond acceptors (Lipinski definition) is 1. The molecule has 0 saturated heterocycles. The Bertz CT molecular complexity index is 347. The van der Waals surface area contributed by atoms with Crippen molar-refractivity contribution in [1.82, 2.24) is 0 Å². The van der Waals surface area contributed by atoms with Crippen LogP contribution in [0.1, 0.15) is 24.0 Å². The van der Waals surface area contributed by atoms with Crippen molar-refractivity contribution in [3.63, 3.8) is 0 Å². The Balaban J connectivity index is 2.36. The molecular weight excluding hydrogens is 201 g/mol. The zero-order valence-corrected chi connectivity index (χ0v) is 8.65. The van der Waals surface area contributed by atoms with Crippen LogP contribution in [0.2, 0.25) is 5.02 Å². The molecule has 1 saturated carbocycles. The normalized spacial score (nSPS) is 18.2. The standard InChI is InChI=1S/C11H13ClFN/c12-10-5-8(6-13)1-2-9(10)11(7-14)3-4-11/h1-2,5H,3-4,6-7,14H2. The lowest BCUT2D eigenvalue weighted by atomic mass is 9.95. The van der Waals surface area contributed by atoms with Crippen molar-refractivity contribution in [1.29, 1.82) is 0 Å². The van der Waals surface area contributed by atoms with Crippen molar-refractivity contribution in [3.05, 3.63) is 34.3 Å². The molecule has 0 aliphatic heterocycles. The van der Waals surface area contributed by atoms with Gasteiger partial charge in [0, 0.05) is 17.0 Å². The Kier molecular flexibility index (Phi) is 2.50. The van der Waals surface area contributed by atoms with E-state index in [9.17, 15) is 4.39 Å². The number of alkyl halides is 1. The number of nitrogens with two attached hydrogens (primary N) is 1. The van der Waals surface area contributed by atoms with Gasteiger partial charge >= 0.3 is 0 Å². The summed E-state index contributed by atoms with van der Waals surface area (Å²) < 4.78 is 12.3. The average molecular weight is 214 g/mol. The van der Waals surface area contributed by atoms with Crippen molar-refractivity contribution in [2.45, 2.75) is 24.9 Å². The van der Waals surface area contributed by atoms with Crippen LogP contribution in [-0.4, -0.2) is 6.54 Å². The topological polar surface area (TPSA) is 26.0 Å². The molecular formula is C11H13ClFN. The molecule has 0 bridgehead atoms. The predicted molar refractivity (Wildman–Crippen MR) is 56.2 cm³/mol. The molecule has 1 aromatic carbocycles. The summed E-state index contributed by atoms with van der Waals surface area (Å²) in [4.78, 5) is 0. The van der Waals surface area contributed by atoms with E-state index in [1.165, 1.54) is 0 Å². The van der Waals surface area contributed by atoms with Crippen LogP contribution in [0.15, 0.2) is 18.2 Å². The summed E-state index contributed by atoms with van der Waals surface area (Å²) in [5, 5.41) is 0.656. The molecule has 0 atom stereocenters. The van der Waals surface area contributed by atoms with Gasteiger partial charge in [-0.2, -0.15) is 0 Å². The predicted octanol–water partition coefficient (Wildman–Crippen LogP) is 2.80. The summed E-state index contributed by atoms with van der Waals surface area (Å²) in [6, 6.07) is 5.40. The van der Waals surface area contributed by atoms with Gasteiger partial charge in [-0.05, 0) is 30.0 Å². The highest BCUT2D eigenvalue weighted by atomic mass is 35.5. The fourth-order valence-corrected chi connectivity index (χ4v) is 2.21. The van der Waals surface area contributed by atoms with Gasteiger partial charge in [0.25, 0.3) is 0 Å². The highest BCUT2D eigenvalue weighted by molar-refractivity contribution is 6.31. The van der Waals surface area contributed by atoms with Crippen LogP contribution in [0.25, 0.3) is 0 Å². The van der Waals surface area contributed by atoms with Gasteiger partial charge in [-0.1, -0.05) is 23.7 Å². The minimum absolute atomic E-state index is 0.0892. The molecule has 14 heavy (non-hydrogen) atoms. The van der Waals surface area contributed by atoms with E-state index in [1.54, 1.807) is 12.1 Å². The molecule has 1 aliphatic rings. The van der Waals surface area contributed by atoms with Crippen LogP contribution in [0.3, 0.4) is 0 Å². The van der Waals surface area contributed by atoms with Crippen molar-refractivity contribution in [2.75, 3.05) is 6.54 Å². The molecule has 1 aromatic rings. The monoisotopic (exact) mass is 213 g/mol. The van der Waals surface area contributed by atoms with Gasteiger partial charge in [-0.3, -0.25) is 0 Å². The summed E-state index contributed by atoms with van der Waals surface area (Å²) in [5.41, 5.74) is 7.51. The first kappa shape index (κ1) is 9.94. The van der Waals surface area contributed by atoms with Crippen molar-refractivity contribution >= 4 is 11.6 Å². The van der Waals surface area contributed by atoms with Crippen LogP contribution in [0.4, 0.5) is 4.39 Å². The Morgan fingerprint density at radius 1 is 1.43 bits per heavy atom. The number of benzene rings is 1. The SMILES string of the molecule is NCC1(c2ccc(CF)cc2Cl)CC1. The fraction of sp³-hybridized carbons (Fsp3) is 0.455. The van der Waals surface area contributed by atoms with E-state index in [0.29, 0.717) is 17.1 Å². The Morgan fingerprint density at radius 2 is 2.14 bits per heavy atom. The van der Waals surface area contributed by atoms with Gasteiger partial charge < -0.3 is 5.73 Å². The van der Waals surface area contributed by atoms with Crippen LogP contribution in [0.5, 0.6) is 0 Å². The molecule has 1 aliphatic carbocycles. The lowest BCUT2D eigenvalue weighted by Gasteiger charge is -2.15. The quantitative estimate of drug-likeness (QED) is 0.821. The first-order valence-electron chi connectivity index (χ1n) is 4.77. The lowest BCUT2D eigenvalue weighted by Crippen LogP contribution is -2.20. The molecule has 0 unspecified atom stereocenters. The number of hydrogen-bond donors (Lipinski definition) is 1. The second kappa shape index (κ2) is 3.52. The second-order valence-electron chi connectivity index (χ2n) is 3.93. The van der Waals surface area contributed by atoms with E-state index >= 15 is 0 Å². The highest BCUT2D eigenvalue weighted by Crippen LogP contribution is 2.49. The molecule has 1 fully saturated rings. The molecule has 0 amide bonds. The maximum Gasteiger partial charge on any atom is 0.115 e. The van der Waals surface area contributed by atoms with E-state index in [4.69, 9.17) is 17.3 Å². The van der Waals surface area contributed by atoms with Gasteiger partial charge in [0.1, 0.15) is 6.67 Å². The molecule has 2 N–H and O–H groups in total. The molecule has 0 radical (unpaired) electrons. The highest BCUT2D eigenvalue weighted by Gasteiger charge is 2.44. The van der Waals surface area contributed by atoms with Crippen LogP contribution >= 0.6 is 11.6 Å². The first-order chi connectivity index (χ1) is 6.72. The van der Waals surface area contributed by atoms with Gasteiger partial charge in [-0.25, -0.2) is 4.39 Å². The lowest BCUT2D eigenvalue weighted by molar-refractivity contribution is 0.485. The van der Waals surface area contributed by atoms with Crippen molar-refractivity contribution in [2.24, 2.45) is 5.73 Å². The van der Waals surface area contributed by atoms with Gasteiger partial charge in [-0.15, -0.1) is 0 Å². The Labute approximate surface area is 88.1 Å². The van der Waals surface area contributed by atoms with E-state index in [0.717, 1.165) is 18.4 Å². The first-order valence-corrected chi connectivity index (χ1v) is 5.14. The summed E-state index contributed by atoms with van der Waals surface area (Å²) in [6.45, 7) is 0.164. The fourth-order valence-electron chi connectivity index (χ4n) is 1.81. The molecule has 0 heterocycles. The number of halogens is 2. The Hall–Kier alpha value is -0.600. The van der Waals surface area contributed by atoms with Crippen LogP contribution in [-0.2, 0) is 12.1 Å². The van der Waals surface area contributed by atoms with Crippen molar-refractivity contribution < 1.29 is 4.39 Å². The molecule has 76 valence electrons. The van der Waals surface area contributed by atoms with E-state index < -0.39 is 6.67 Å². The van der Waals surface area contributed by atoms with Gasteiger partial charge in [0.05, 0.1) is 0 Å². The van der Waals surface area contributed by atoms with E-state index in [2.05, 4.69) is 0 Å². The summed E-state index contributed by atoms with van der Waals surface area (Å²) in [5.74, 6) is 0. The summed E-state index contributed by atoms with van der Waals surface area (Å²) >= 11 is 6.09. The maximum absolute atomic E-state index is 12.3. The summed E-state index contributed by atoms with van der Waals surface area (Å²) in [7, 11) is 0. The van der Waals surface area contributed by atoms with Gasteiger partial charge in [0.15, 0.2) is 0 Å². The zero-order chi connectivity index (χ0) is 10.2. The second-order valence-corrected chi connectivity index (χ2v) is 4.34. The summed E-state index contributed by atoms with van der Waals surface area (Å²) in [6.07, 6.45) is 2.19. The largest absolute Gasteiger partial charge is 0.330 e. The van der Waals surface area contributed by atoms with Crippen molar-refractivity contribution in [3.8, 4) is 0 Å².